The molecular weight excluding hydrogens is 278 g/mol. The van der Waals surface area contributed by atoms with Gasteiger partial charge < -0.3 is 9.64 Å². The van der Waals surface area contributed by atoms with E-state index in [4.69, 9.17) is 4.74 Å². The fraction of sp³-hybridized carbons (Fsp3) is 0.556. The summed E-state index contributed by atoms with van der Waals surface area (Å²) in [6.45, 7) is 3.39. The van der Waals surface area contributed by atoms with Crippen LogP contribution in [0.3, 0.4) is 0 Å². The second kappa shape index (κ2) is 8.57. The lowest BCUT2D eigenvalue weighted by molar-refractivity contribution is -0.153. The summed E-state index contributed by atoms with van der Waals surface area (Å²) < 4.78 is 5.28. The standard InChI is InChI=1S/C18H25NO3/c1-2-16(15-10-6-5-7-11-15)18(21)22-14-17(20)19-12-8-3-4-9-13-19/h5-7,10-11,16H,2-4,8-9,12-14H2,1H3. The fourth-order valence-corrected chi connectivity index (χ4v) is 2.87. The molecule has 1 fully saturated rings. The van der Waals surface area contributed by atoms with E-state index < -0.39 is 0 Å². The molecular formula is C18H25NO3. The number of likely N-dealkylation sites (tertiary alicyclic amines) is 1. The Bertz CT molecular complexity index is 478. The Labute approximate surface area is 132 Å². The first-order valence-corrected chi connectivity index (χ1v) is 8.21. The van der Waals surface area contributed by atoms with Crippen LogP contribution in [0.15, 0.2) is 30.3 Å². The number of nitrogens with zero attached hydrogens (tertiary/aromatic N) is 1. The average molecular weight is 303 g/mol. The maximum absolute atomic E-state index is 12.2. The highest BCUT2D eigenvalue weighted by atomic mass is 16.5. The molecule has 1 aromatic rings. The molecule has 4 heteroatoms. The molecule has 2 rings (SSSR count). The number of carbonyl (C=O) groups excluding carboxylic acids is 2. The smallest absolute Gasteiger partial charge is 0.313 e. The van der Waals surface area contributed by atoms with Crippen LogP contribution in [0, 0.1) is 0 Å². The topological polar surface area (TPSA) is 46.6 Å². The lowest BCUT2D eigenvalue weighted by Gasteiger charge is -2.21. The number of benzene rings is 1. The van der Waals surface area contributed by atoms with Gasteiger partial charge in [-0.15, -0.1) is 0 Å². The molecule has 0 spiro atoms. The third kappa shape index (κ3) is 4.58. The van der Waals surface area contributed by atoms with Crippen molar-refractivity contribution in [2.45, 2.75) is 44.9 Å². The van der Waals surface area contributed by atoms with Gasteiger partial charge in [-0.1, -0.05) is 50.1 Å². The minimum atomic E-state index is -0.308. The first kappa shape index (κ1) is 16.5. The minimum absolute atomic E-state index is 0.0711. The number of hydrogen-bond donors (Lipinski definition) is 0. The predicted molar refractivity (Wildman–Crippen MR) is 85.5 cm³/mol. The van der Waals surface area contributed by atoms with Crippen molar-refractivity contribution in [2.24, 2.45) is 0 Å². The van der Waals surface area contributed by atoms with Crippen molar-refractivity contribution in [1.82, 2.24) is 4.90 Å². The number of rotatable bonds is 5. The molecule has 0 N–H and O–H groups in total. The molecule has 0 radical (unpaired) electrons. The van der Waals surface area contributed by atoms with Gasteiger partial charge in [0.05, 0.1) is 5.92 Å². The molecule has 1 aromatic carbocycles. The zero-order valence-corrected chi connectivity index (χ0v) is 13.3. The van der Waals surface area contributed by atoms with E-state index in [0.717, 1.165) is 31.5 Å². The van der Waals surface area contributed by atoms with Crippen LogP contribution < -0.4 is 0 Å². The Kier molecular flexibility index (Phi) is 6.44. The molecule has 1 aliphatic rings. The summed E-state index contributed by atoms with van der Waals surface area (Å²) >= 11 is 0. The Morgan fingerprint density at radius 3 is 2.32 bits per heavy atom. The molecule has 22 heavy (non-hydrogen) atoms. The van der Waals surface area contributed by atoms with E-state index >= 15 is 0 Å². The third-order valence-electron chi connectivity index (χ3n) is 4.19. The van der Waals surface area contributed by atoms with Crippen molar-refractivity contribution < 1.29 is 14.3 Å². The lowest BCUT2D eigenvalue weighted by atomic mass is 9.97. The van der Waals surface area contributed by atoms with Gasteiger partial charge in [0.1, 0.15) is 0 Å². The molecule has 1 heterocycles. The Morgan fingerprint density at radius 1 is 1.09 bits per heavy atom. The zero-order chi connectivity index (χ0) is 15.8. The molecule has 120 valence electrons. The van der Waals surface area contributed by atoms with Crippen LogP contribution in [-0.2, 0) is 14.3 Å². The van der Waals surface area contributed by atoms with Gasteiger partial charge >= 0.3 is 5.97 Å². The van der Waals surface area contributed by atoms with Gasteiger partial charge in [0, 0.05) is 13.1 Å². The summed E-state index contributed by atoms with van der Waals surface area (Å²) in [6.07, 6.45) is 5.11. The SMILES string of the molecule is CCC(C(=O)OCC(=O)N1CCCCCC1)c1ccccc1. The maximum atomic E-state index is 12.2. The van der Waals surface area contributed by atoms with Crippen LogP contribution in [0.1, 0.15) is 50.5 Å². The van der Waals surface area contributed by atoms with E-state index in [1.54, 1.807) is 0 Å². The van der Waals surface area contributed by atoms with Crippen LogP contribution in [0.2, 0.25) is 0 Å². The van der Waals surface area contributed by atoms with Crippen LogP contribution in [0.25, 0.3) is 0 Å². The molecule has 0 aromatic heterocycles. The van der Waals surface area contributed by atoms with E-state index in [0.29, 0.717) is 6.42 Å². The van der Waals surface area contributed by atoms with Gasteiger partial charge in [-0.3, -0.25) is 9.59 Å². The maximum Gasteiger partial charge on any atom is 0.313 e. The van der Waals surface area contributed by atoms with Gasteiger partial charge in [0.15, 0.2) is 6.61 Å². The Morgan fingerprint density at radius 2 is 1.73 bits per heavy atom. The second-order valence-corrected chi connectivity index (χ2v) is 5.77. The third-order valence-corrected chi connectivity index (χ3v) is 4.19. The quantitative estimate of drug-likeness (QED) is 0.785. The van der Waals surface area contributed by atoms with Gasteiger partial charge in [-0.2, -0.15) is 0 Å². The summed E-state index contributed by atoms with van der Waals surface area (Å²) in [5.41, 5.74) is 0.942. The number of amides is 1. The predicted octanol–water partition coefficient (Wildman–Crippen LogP) is 3.13. The van der Waals surface area contributed by atoms with E-state index in [-0.39, 0.29) is 24.4 Å². The molecule has 1 aliphatic heterocycles. The van der Waals surface area contributed by atoms with E-state index in [1.807, 2.05) is 42.2 Å². The van der Waals surface area contributed by atoms with Crippen molar-refractivity contribution >= 4 is 11.9 Å². The Balaban J connectivity index is 1.86. The van der Waals surface area contributed by atoms with Crippen molar-refractivity contribution in [3.05, 3.63) is 35.9 Å². The van der Waals surface area contributed by atoms with Crippen LogP contribution in [-0.4, -0.2) is 36.5 Å². The molecule has 1 saturated heterocycles. The molecule has 1 unspecified atom stereocenters. The number of esters is 1. The number of hydrogen-bond acceptors (Lipinski definition) is 3. The van der Waals surface area contributed by atoms with Crippen LogP contribution in [0.5, 0.6) is 0 Å². The van der Waals surface area contributed by atoms with Gasteiger partial charge in [0.2, 0.25) is 0 Å². The fourth-order valence-electron chi connectivity index (χ4n) is 2.87. The summed E-state index contributed by atoms with van der Waals surface area (Å²) in [6, 6.07) is 9.59. The minimum Gasteiger partial charge on any atom is -0.455 e. The number of carbonyl (C=O) groups is 2. The first-order valence-electron chi connectivity index (χ1n) is 8.21. The largest absolute Gasteiger partial charge is 0.455 e. The highest BCUT2D eigenvalue weighted by Gasteiger charge is 2.22. The summed E-state index contributed by atoms with van der Waals surface area (Å²) in [5.74, 6) is -0.673. The molecule has 4 nitrogen and oxygen atoms in total. The van der Waals surface area contributed by atoms with Gasteiger partial charge in [0.25, 0.3) is 5.91 Å². The Hall–Kier alpha value is -1.84. The van der Waals surface area contributed by atoms with E-state index in [2.05, 4.69) is 0 Å². The number of ether oxygens (including phenoxy) is 1. The van der Waals surface area contributed by atoms with Gasteiger partial charge in [-0.05, 0) is 24.8 Å². The highest BCUT2D eigenvalue weighted by Crippen LogP contribution is 2.20. The first-order chi connectivity index (χ1) is 10.7. The van der Waals surface area contributed by atoms with E-state index in [9.17, 15) is 9.59 Å². The molecule has 0 aliphatic carbocycles. The second-order valence-electron chi connectivity index (χ2n) is 5.77. The lowest BCUT2D eigenvalue weighted by Crippen LogP contribution is -2.35. The average Bonchev–Trinajstić information content (AvgIpc) is 2.83. The zero-order valence-electron chi connectivity index (χ0n) is 13.3. The summed E-state index contributed by atoms with van der Waals surface area (Å²) in [4.78, 5) is 26.2. The summed E-state index contributed by atoms with van der Waals surface area (Å²) in [5, 5.41) is 0. The molecule has 1 amide bonds. The monoisotopic (exact) mass is 303 g/mol. The van der Waals surface area contributed by atoms with Crippen LogP contribution >= 0.6 is 0 Å². The van der Waals surface area contributed by atoms with Crippen molar-refractivity contribution in [3.63, 3.8) is 0 Å². The van der Waals surface area contributed by atoms with Crippen LogP contribution in [0.4, 0.5) is 0 Å². The van der Waals surface area contributed by atoms with Crippen molar-refractivity contribution in [2.75, 3.05) is 19.7 Å². The summed E-state index contributed by atoms with van der Waals surface area (Å²) in [7, 11) is 0. The molecule has 1 atom stereocenters. The van der Waals surface area contributed by atoms with E-state index in [1.165, 1.54) is 12.8 Å². The molecule has 0 bridgehead atoms. The van der Waals surface area contributed by atoms with Crippen molar-refractivity contribution in [3.8, 4) is 0 Å². The normalized spacial score (nSPS) is 16.7. The highest BCUT2D eigenvalue weighted by molar-refractivity contribution is 5.83. The van der Waals surface area contributed by atoms with Crippen molar-refractivity contribution in [1.29, 1.82) is 0 Å². The van der Waals surface area contributed by atoms with Gasteiger partial charge in [-0.25, -0.2) is 0 Å². The molecule has 0 saturated carbocycles.